The zero-order chi connectivity index (χ0) is 5.15. The van der Waals surface area contributed by atoms with E-state index in [1.165, 1.54) is 0 Å². The van der Waals surface area contributed by atoms with E-state index in [4.69, 9.17) is 5.11 Å². The van der Waals surface area contributed by atoms with Crippen LogP contribution >= 0.6 is 22.6 Å². The summed E-state index contributed by atoms with van der Waals surface area (Å²) in [6, 6.07) is 0. The number of rotatable bonds is 1. The Morgan fingerprint density at radius 1 is 1.86 bits per heavy atom. The Morgan fingerprint density at radius 3 is 2.00 bits per heavy atom. The predicted molar refractivity (Wildman–Crippen MR) is 36.9 cm³/mol. The van der Waals surface area contributed by atoms with Crippen molar-refractivity contribution < 1.29 is 9.90 Å². The van der Waals surface area contributed by atoms with Crippen LogP contribution in [0.4, 0.5) is 0 Å². The number of halogens is 1. The summed E-state index contributed by atoms with van der Waals surface area (Å²) in [6.45, 7) is 1.63. The van der Waals surface area contributed by atoms with Crippen molar-refractivity contribution in [1.82, 2.24) is 0 Å². The zero-order valence-electron chi connectivity index (χ0n) is 4.31. The monoisotopic (exact) mass is 223 g/mol. The van der Waals surface area contributed by atoms with Crippen LogP contribution in [0.5, 0.6) is 0 Å². The Balaban J connectivity index is 0. The summed E-state index contributed by atoms with van der Waals surface area (Å²) in [5.41, 5.74) is 0. The molecule has 0 fully saturated rings. The Hall–Kier alpha value is 1.20. The third-order valence-corrected chi connectivity index (χ3v) is 0.873. The minimum atomic E-state index is -0.754. The average Bonchev–Trinajstić information content (AvgIpc) is 1.36. The molecule has 0 rings (SSSR count). The van der Waals surface area contributed by atoms with Crippen LogP contribution in [-0.2, 0) is 4.79 Å². The molecule has 0 saturated carbocycles. The molecule has 2 nitrogen and oxygen atoms in total. The maximum absolute atomic E-state index is 9.69. The SMILES string of the molecule is CC(I)C(=O)O.[Na]. The molecule has 7 heavy (non-hydrogen) atoms. The molecule has 0 aromatic heterocycles. The van der Waals surface area contributed by atoms with Gasteiger partial charge in [-0.1, -0.05) is 22.6 Å². The number of aliphatic carboxylic acids is 1. The van der Waals surface area contributed by atoms with Gasteiger partial charge in [0.2, 0.25) is 0 Å². The number of carboxylic acids is 1. The van der Waals surface area contributed by atoms with Crippen LogP contribution in [-0.4, -0.2) is 44.6 Å². The van der Waals surface area contributed by atoms with E-state index in [1.54, 1.807) is 6.92 Å². The second-order valence-electron chi connectivity index (χ2n) is 0.954. The van der Waals surface area contributed by atoms with Crippen molar-refractivity contribution in [1.29, 1.82) is 0 Å². The van der Waals surface area contributed by atoms with Gasteiger partial charge >= 0.3 is 5.97 Å². The summed E-state index contributed by atoms with van der Waals surface area (Å²) in [4.78, 5) is 9.69. The number of hydrogen-bond acceptors (Lipinski definition) is 1. The van der Waals surface area contributed by atoms with Crippen molar-refractivity contribution in [3.8, 4) is 0 Å². The number of hydrogen-bond donors (Lipinski definition) is 1. The molecule has 0 amide bonds. The Kier molecular flexibility index (Phi) is 8.43. The molecular weight excluding hydrogens is 218 g/mol. The first-order chi connectivity index (χ1) is 2.64. The van der Waals surface area contributed by atoms with Crippen LogP contribution in [0.15, 0.2) is 0 Å². The summed E-state index contributed by atoms with van der Waals surface area (Å²) in [6.07, 6.45) is 0. The van der Waals surface area contributed by atoms with E-state index < -0.39 is 5.97 Å². The van der Waals surface area contributed by atoms with Gasteiger partial charge in [-0.3, -0.25) is 4.79 Å². The van der Waals surface area contributed by atoms with E-state index in [0.717, 1.165) is 0 Å². The molecule has 37 valence electrons. The van der Waals surface area contributed by atoms with Gasteiger partial charge in [-0.2, -0.15) is 0 Å². The van der Waals surface area contributed by atoms with E-state index in [1.807, 2.05) is 22.6 Å². The van der Waals surface area contributed by atoms with Gasteiger partial charge in [0.05, 0.1) is 0 Å². The van der Waals surface area contributed by atoms with E-state index in [2.05, 4.69) is 0 Å². The number of alkyl halides is 1. The molecule has 0 heterocycles. The Morgan fingerprint density at radius 2 is 2.00 bits per heavy atom. The quantitative estimate of drug-likeness (QED) is 0.399. The fourth-order valence-electron chi connectivity index (χ4n) is 0. The molecule has 0 bridgehead atoms. The first kappa shape index (κ1) is 11.1. The Bertz CT molecular complexity index is 64.0. The van der Waals surface area contributed by atoms with E-state index in [0.29, 0.717) is 0 Å². The molecule has 0 aromatic rings. The maximum atomic E-state index is 9.69. The minimum Gasteiger partial charge on any atom is -0.480 e. The predicted octanol–water partition coefficient (Wildman–Crippen LogP) is 0.514. The van der Waals surface area contributed by atoms with E-state index >= 15 is 0 Å². The average molecular weight is 223 g/mol. The molecule has 0 aromatic carbocycles. The topological polar surface area (TPSA) is 37.3 Å². The van der Waals surface area contributed by atoms with Gasteiger partial charge < -0.3 is 5.11 Å². The fourth-order valence-corrected chi connectivity index (χ4v) is 0. The van der Waals surface area contributed by atoms with E-state index in [-0.39, 0.29) is 33.5 Å². The van der Waals surface area contributed by atoms with Crippen LogP contribution in [0.2, 0.25) is 0 Å². The summed E-state index contributed by atoms with van der Waals surface area (Å²) >= 11 is 1.83. The molecule has 0 aliphatic heterocycles. The molecular formula is C3H5INaO2. The second-order valence-corrected chi connectivity index (χ2v) is 2.82. The third-order valence-electron chi connectivity index (χ3n) is 0.340. The van der Waals surface area contributed by atoms with Gasteiger partial charge in [-0.25, -0.2) is 0 Å². The van der Waals surface area contributed by atoms with Crippen molar-refractivity contribution in [2.45, 2.75) is 10.8 Å². The van der Waals surface area contributed by atoms with Crippen LogP contribution in [0.25, 0.3) is 0 Å². The molecule has 4 heteroatoms. The largest absolute Gasteiger partial charge is 0.480 e. The molecule has 1 radical (unpaired) electrons. The second kappa shape index (κ2) is 5.34. The smallest absolute Gasteiger partial charge is 0.316 e. The van der Waals surface area contributed by atoms with Gasteiger partial charge in [-0.15, -0.1) is 0 Å². The van der Waals surface area contributed by atoms with Gasteiger partial charge in [-0.05, 0) is 6.92 Å². The summed E-state index contributed by atoms with van der Waals surface area (Å²) in [7, 11) is 0. The Labute approximate surface area is 78.1 Å². The third kappa shape index (κ3) is 7.20. The normalized spacial score (nSPS) is 11.7. The van der Waals surface area contributed by atoms with Crippen molar-refractivity contribution in [3.05, 3.63) is 0 Å². The van der Waals surface area contributed by atoms with Gasteiger partial charge in [0.15, 0.2) is 0 Å². The zero-order valence-corrected chi connectivity index (χ0v) is 8.47. The van der Waals surface area contributed by atoms with Crippen LogP contribution in [0.3, 0.4) is 0 Å². The number of carbonyl (C=O) groups is 1. The molecule has 0 saturated heterocycles. The molecule has 1 atom stereocenters. The van der Waals surface area contributed by atoms with Crippen molar-refractivity contribution in [3.63, 3.8) is 0 Å². The summed E-state index contributed by atoms with van der Waals surface area (Å²) in [5, 5.41) is 7.98. The molecule has 1 N–H and O–H groups in total. The van der Waals surface area contributed by atoms with Crippen LogP contribution in [0.1, 0.15) is 6.92 Å². The van der Waals surface area contributed by atoms with Gasteiger partial charge in [0, 0.05) is 29.6 Å². The van der Waals surface area contributed by atoms with Gasteiger partial charge in [0.1, 0.15) is 3.92 Å². The van der Waals surface area contributed by atoms with Crippen LogP contribution in [0, 0.1) is 0 Å². The van der Waals surface area contributed by atoms with Crippen molar-refractivity contribution in [2.24, 2.45) is 0 Å². The fraction of sp³-hybridized carbons (Fsp3) is 0.667. The van der Waals surface area contributed by atoms with Crippen molar-refractivity contribution >= 4 is 58.1 Å². The first-order valence-corrected chi connectivity index (χ1v) is 2.76. The summed E-state index contributed by atoms with van der Waals surface area (Å²) in [5.74, 6) is -0.754. The minimum absolute atomic E-state index is 0. The summed E-state index contributed by atoms with van der Waals surface area (Å²) < 4.78 is -0.261. The number of carboxylic acid groups (broad SMARTS) is 1. The molecule has 1 unspecified atom stereocenters. The van der Waals surface area contributed by atoms with Crippen molar-refractivity contribution in [2.75, 3.05) is 0 Å². The maximum Gasteiger partial charge on any atom is 0.316 e. The van der Waals surface area contributed by atoms with E-state index in [9.17, 15) is 4.79 Å². The molecule has 0 spiro atoms. The molecule has 0 aliphatic carbocycles. The van der Waals surface area contributed by atoms with Gasteiger partial charge in [0.25, 0.3) is 0 Å². The van der Waals surface area contributed by atoms with Crippen LogP contribution < -0.4 is 0 Å². The molecule has 0 aliphatic rings. The standard InChI is InChI=1S/C3H5IO2.Na/c1-2(4)3(5)6;/h2H,1H3,(H,5,6);. The first-order valence-electron chi connectivity index (χ1n) is 1.51.